The van der Waals surface area contributed by atoms with Crippen molar-refractivity contribution in [3.63, 3.8) is 0 Å². The Kier molecular flexibility index (Phi) is 7.71. The zero-order valence-corrected chi connectivity index (χ0v) is 9.88. The van der Waals surface area contributed by atoms with Gasteiger partial charge in [-0.2, -0.15) is 0 Å². The third-order valence-electron chi connectivity index (χ3n) is 2.17. The van der Waals surface area contributed by atoms with Gasteiger partial charge in [-0.25, -0.2) is 0 Å². The van der Waals surface area contributed by atoms with Crippen LogP contribution in [0.25, 0.3) is 0 Å². The predicted molar refractivity (Wildman–Crippen MR) is 58.3 cm³/mol. The van der Waals surface area contributed by atoms with Crippen LogP contribution in [0.3, 0.4) is 0 Å². The summed E-state index contributed by atoms with van der Waals surface area (Å²) in [7, 11) is 2.01. The van der Waals surface area contributed by atoms with Gasteiger partial charge in [-0.05, 0) is 26.8 Å². The minimum Gasteiger partial charge on any atom is -0.363 e. The molecule has 1 fully saturated rings. The molecule has 0 N–H and O–H groups in total. The number of rotatable bonds is 2. The first-order chi connectivity index (χ1) is 6.70. The number of hydrogen-bond acceptors (Lipinski definition) is 3. The number of carbonyl (C=O) groups is 1. The van der Waals surface area contributed by atoms with E-state index >= 15 is 0 Å². The molecule has 0 aromatic heterocycles. The van der Waals surface area contributed by atoms with Gasteiger partial charge in [0.25, 0.3) is 0 Å². The Morgan fingerprint density at radius 1 is 1.43 bits per heavy atom. The molecule has 1 atom stereocenters. The highest BCUT2D eigenvalue weighted by Crippen LogP contribution is 2.11. The Labute approximate surface area is 87.4 Å². The lowest BCUT2D eigenvalue weighted by molar-refractivity contribution is -0.123. The highest BCUT2D eigenvalue weighted by Gasteiger charge is 2.18. The maximum Gasteiger partial charge on any atom is 0.133 e. The molecule has 0 aliphatic carbocycles. The molecular formula is C11H23NO2. The number of hydrogen-bond donors (Lipinski definition) is 0. The molecule has 3 heteroatoms. The molecule has 1 heterocycles. The van der Waals surface area contributed by atoms with E-state index in [-0.39, 0.29) is 12.0 Å². The van der Waals surface area contributed by atoms with Gasteiger partial charge in [-0.1, -0.05) is 13.8 Å². The van der Waals surface area contributed by atoms with Gasteiger partial charge < -0.3 is 4.74 Å². The average molecular weight is 201 g/mol. The molecule has 1 aliphatic rings. The molecule has 0 aromatic carbocycles. The van der Waals surface area contributed by atoms with E-state index in [0.717, 1.165) is 19.6 Å². The van der Waals surface area contributed by atoms with E-state index in [1.807, 2.05) is 20.9 Å². The van der Waals surface area contributed by atoms with Gasteiger partial charge in [0.1, 0.15) is 12.0 Å². The number of ether oxygens (including phenoxy) is 1. The van der Waals surface area contributed by atoms with E-state index in [9.17, 15) is 4.79 Å². The van der Waals surface area contributed by atoms with Crippen LogP contribution in [0.1, 0.15) is 40.0 Å². The zero-order valence-electron chi connectivity index (χ0n) is 9.88. The second-order valence-corrected chi connectivity index (χ2v) is 3.42. The van der Waals surface area contributed by atoms with Crippen molar-refractivity contribution in [2.75, 3.05) is 20.2 Å². The lowest BCUT2D eigenvalue weighted by Gasteiger charge is -2.23. The van der Waals surface area contributed by atoms with E-state index in [1.54, 1.807) is 6.92 Å². The van der Waals surface area contributed by atoms with E-state index < -0.39 is 0 Å². The summed E-state index contributed by atoms with van der Waals surface area (Å²) in [5.74, 6) is 0.203. The first-order valence-electron chi connectivity index (χ1n) is 5.51. The Bertz CT molecular complexity index is 159. The third kappa shape index (κ3) is 5.35. The van der Waals surface area contributed by atoms with Gasteiger partial charge >= 0.3 is 0 Å². The second kappa shape index (κ2) is 7.94. The van der Waals surface area contributed by atoms with Crippen molar-refractivity contribution in [2.24, 2.45) is 0 Å². The Morgan fingerprint density at radius 3 is 2.64 bits per heavy atom. The maximum atomic E-state index is 10.9. The Hall–Kier alpha value is -0.410. The standard InChI is InChI=1S/C9H17NO2.C2H6/c1-8(11)7-9-10(2)5-3-4-6-12-9;1-2/h9H,3-7H2,1-2H3;1-2H3. The summed E-state index contributed by atoms with van der Waals surface area (Å²) in [6.45, 7) is 7.45. The molecule has 0 saturated carbocycles. The van der Waals surface area contributed by atoms with Crippen molar-refractivity contribution in [3.05, 3.63) is 0 Å². The van der Waals surface area contributed by atoms with Crippen LogP contribution in [0.5, 0.6) is 0 Å². The maximum absolute atomic E-state index is 10.9. The summed E-state index contributed by atoms with van der Waals surface area (Å²) in [5.41, 5.74) is 0. The lowest BCUT2D eigenvalue weighted by Crippen LogP contribution is -2.34. The molecular weight excluding hydrogens is 178 g/mol. The minimum absolute atomic E-state index is 0.0185. The van der Waals surface area contributed by atoms with E-state index in [1.165, 1.54) is 6.42 Å². The van der Waals surface area contributed by atoms with Crippen molar-refractivity contribution in [1.29, 1.82) is 0 Å². The van der Waals surface area contributed by atoms with Gasteiger partial charge in [-0.15, -0.1) is 0 Å². The van der Waals surface area contributed by atoms with Crippen LogP contribution < -0.4 is 0 Å². The van der Waals surface area contributed by atoms with Crippen LogP contribution in [0, 0.1) is 0 Å². The summed E-state index contributed by atoms with van der Waals surface area (Å²) in [6.07, 6.45) is 2.82. The molecule has 0 radical (unpaired) electrons. The van der Waals surface area contributed by atoms with Crippen molar-refractivity contribution >= 4 is 5.78 Å². The normalized spacial score (nSPS) is 23.3. The molecule has 1 aliphatic heterocycles. The SMILES string of the molecule is CC.CC(=O)CC1OCCCCN1C. The fourth-order valence-corrected chi connectivity index (χ4v) is 1.41. The van der Waals surface area contributed by atoms with Crippen molar-refractivity contribution < 1.29 is 9.53 Å². The minimum atomic E-state index is 0.0185. The number of ketones is 1. The molecule has 1 unspecified atom stereocenters. The number of nitrogens with zero attached hydrogens (tertiary/aromatic N) is 1. The number of Topliss-reactive ketones (excluding diaryl/α,β-unsaturated/α-hetero) is 1. The average Bonchev–Trinajstić information content (AvgIpc) is 2.35. The highest BCUT2D eigenvalue weighted by atomic mass is 16.5. The monoisotopic (exact) mass is 201 g/mol. The quantitative estimate of drug-likeness (QED) is 0.685. The first kappa shape index (κ1) is 13.6. The molecule has 1 saturated heterocycles. The molecule has 0 aromatic rings. The van der Waals surface area contributed by atoms with E-state index in [4.69, 9.17) is 4.74 Å². The van der Waals surface area contributed by atoms with E-state index in [2.05, 4.69) is 4.90 Å². The molecule has 3 nitrogen and oxygen atoms in total. The second-order valence-electron chi connectivity index (χ2n) is 3.42. The van der Waals surface area contributed by atoms with Crippen LogP contribution in [0.2, 0.25) is 0 Å². The van der Waals surface area contributed by atoms with Crippen molar-refractivity contribution in [2.45, 2.75) is 46.3 Å². The van der Waals surface area contributed by atoms with Gasteiger partial charge in [0.05, 0.1) is 0 Å². The van der Waals surface area contributed by atoms with Crippen LogP contribution >= 0.6 is 0 Å². The summed E-state index contributed by atoms with van der Waals surface area (Å²) >= 11 is 0. The molecule has 84 valence electrons. The molecule has 0 amide bonds. The lowest BCUT2D eigenvalue weighted by atomic mass is 10.2. The topological polar surface area (TPSA) is 29.5 Å². The van der Waals surface area contributed by atoms with Gasteiger partial charge in [0, 0.05) is 19.6 Å². The first-order valence-corrected chi connectivity index (χ1v) is 5.51. The van der Waals surface area contributed by atoms with Crippen molar-refractivity contribution in [1.82, 2.24) is 4.90 Å². The summed E-state index contributed by atoms with van der Waals surface area (Å²) in [5, 5.41) is 0. The molecule has 1 rings (SSSR count). The summed E-state index contributed by atoms with van der Waals surface area (Å²) in [6, 6.07) is 0. The number of carbonyl (C=O) groups excluding carboxylic acids is 1. The fourth-order valence-electron chi connectivity index (χ4n) is 1.41. The van der Waals surface area contributed by atoms with Gasteiger partial charge in [-0.3, -0.25) is 9.69 Å². The van der Waals surface area contributed by atoms with Crippen LogP contribution in [0.4, 0.5) is 0 Å². The predicted octanol–water partition coefficient (Wildman–Crippen LogP) is 2.06. The summed E-state index contributed by atoms with van der Waals surface area (Å²) < 4.78 is 5.53. The Morgan fingerprint density at radius 2 is 2.07 bits per heavy atom. The largest absolute Gasteiger partial charge is 0.363 e. The van der Waals surface area contributed by atoms with Gasteiger partial charge in [0.2, 0.25) is 0 Å². The van der Waals surface area contributed by atoms with E-state index in [0.29, 0.717) is 6.42 Å². The van der Waals surface area contributed by atoms with Crippen LogP contribution in [-0.2, 0) is 9.53 Å². The molecule has 14 heavy (non-hydrogen) atoms. The van der Waals surface area contributed by atoms with Crippen molar-refractivity contribution in [3.8, 4) is 0 Å². The third-order valence-corrected chi connectivity index (χ3v) is 2.17. The smallest absolute Gasteiger partial charge is 0.133 e. The Balaban J connectivity index is 0.000000791. The highest BCUT2D eigenvalue weighted by molar-refractivity contribution is 5.75. The van der Waals surface area contributed by atoms with Crippen LogP contribution in [0.15, 0.2) is 0 Å². The molecule has 0 spiro atoms. The zero-order chi connectivity index (χ0) is 11.0. The van der Waals surface area contributed by atoms with Gasteiger partial charge in [0.15, 0.2) is 0 Å². The fraction of sp³-hybridized carbons (Fsp3) is 0.909. The molecule has 0 bridgehead atoms. The van der Waals surface area contributed by atoms with Crippen LogP contribution in [-0.4, -0.2) is 37.1 Å². The summed E-state index contributed by atoms with van der Waals surface area (Å²) in [4.78, 5) is 13.0.